The van der Waals surface area contributed by atoms with Crippen molar-refractivity contribution in [3.05, 3.63) is 53.9 Å². The molecule has 0 saturated carbocycles. The van der Waals surface area contributed by atoms with Crippen LogP contribution >= 0.6 is 0 Å². The number of rotatable bonds is 11. The second-order valence-electron chi connectivity index (χ2n) is 7.10. The highest BCUT2D eigenvalue weighted by molar-refractivity contribution is 5.97. The summed E-state index contributed by atoms with van der Waals surface area (Å²) in [6.45, 7) is 5.87. The van der Waals surface area contributed by atoms with Gasteiger partial charge in [-0.25, -0.2) is 9.78 Å². The number of amides is 1. The Morgan fingerprint density at radius 3 is 2.52 bits per heavy atom. The van der Waals surface area contributed by atoms with Crippen LogP contribution in [-0.4, -0.2) is 47.8 Å². The lowest BCUT2D eigenvalue weighted by Gasteiger charge is -2.26. The summed E-state index contributed by atoms with van der Waals surface area (Å²) in [5.41, 5.74) is 0.665. The summed E-state index contributed by atoms with van der Waals surface area (Å²) in [6, 6.07) is 10.0. The van der Waals surface area contributed by atoms with Gasteiger partial charge >= 0.3 is 5.97 Å². The van der Waals surface area contributed by atoms with E-state index >= 15 is 0 Å². The quantitative estimate of drug-likeness (QED) is 0.416. The predicted octanol–water partition coefficient (Wildman–Crippen LogP) is 3.40. The first-order valence-electron chi connectivity index (χ1n) is 10.3. The fraction of sp³-hybridized carbons (Fsp3) is 0.435. The minimum absolute atomic E-state index is 0.110. The van der Waals surface area contributed by atoms with Gasteiger partial charge in [-0.05, 0) is 25.8 Å². The van der Waals surface area contributed by atoms with E-state index in [2.05, 4.69) is 17.2 Å². The normalized spacial score (nSPS) is 13.7. The van der Waals surface area contributed by atoms with E-state index in [4.69, 9.17) is 14.2 Å². The highest BCUT2D eigenvalue weighted by Crippen LogP contribution is 2.27. The number of carbonyl (C=O) groups is 2. The summed E-state index contributed by atoms with van der Waals surface area (Å²) < 4.78 is 16.5. The number of aromatic hydroxyl groups is 1. The van der Waals surface area contributed by atoms with Crippen molar-refractivity contribution in [2.75, 3.05) is 13.7 Å². The van der Waals surface area contributed by atoms with Gasteiger partial charge in [0.05, 0.1) is 7.11 Å². The monoisotopic (exact) mass is 430 g/mol. The molecule has 3 atom stereocenters. The lowest BCUT2D eigenvalue weighted by molar-refractivity contribution is -0.158. The van der Waals surface area contributed by atoms with Crippen molar-refractivity contribution < 1.29 is 28.9 Å². The third-order valence-electron chi connectivity index (χ3n) is 4.68. The van der Waals surface area contributed by atoms with Crippen molar-refractivity contribution in [1.29, 1.82) is 0 Å². The van der Waals surface area contributed by atoms with Gasteiger partial charge in [0.2, 0.25) is 0 Å². The average molecular weight is 431 g/mol. The molecule has 1 amide bonds. The summed E-state index contributed by atoms with van der Waals surface area (Å²) in [5, 5.41) is 12.6. The van der Waals surface area contributed by atoms with Gasteiger partial charge in [0, 0.05) is 18.9 Å². The van der Waals surface area contributed by atoms with Gasteiger partial charge in [0.1, 0.15) is 18.2 Å². The first-order valence-corrected chi connectivity index (χ1v) is 10.3. The maximum absolute atomic E-state index is 12.6. The number of ether oxygens (including phenoxy) is 3. The van der Waals surface area contributed by atoms with Crippen LogP contribution in [0.4, 0.5) is 0 Å². The van der Waals surface area contributed by atoms with E-state index in [9.17, 15) is 14.7 Å². The number of nitrogens with zero attached hydrogens (tertiary/aromatic N) is 1. The molecule has 31 heavy (non-hydrogen) atoms. The lowest BCUT2D eigenvalue weighted by atomic mass is 10.1. The number of benzene rings is 1. The molecule has 0 saturated heterocycles. The molecular formula is C23H30N2O6. The van der Waals surface area contributed by atoms with Crippen molar-refractivity contribution in [2.45, 2.75) is 51.9 Å². The van der Waals surface area contributed by atoms with E-state index in [0.717, 1.165) is 18.4 Å². The molecule has 0 fully saturated rings. The van der Waals surface area contributed by atoms with Crippen LogP contribution in [0.5, 0.6) is 11.5 Å². The number of carbonyl (C=O) groups excluding carboxylic acids is 2. The van der Waals surface area contributed by atoms with Crippen molar-refractivity contribution in [3.8, 4) is 11.5 Å². The minimum Gasteiger partial charge on any atom is -0.503 e. The van der Waals surface area contributed by atoms with Crippen molar-refractivity contribution in [2.24, 2.45) is 0 Å². The zero-order chi connectivity index (χ0) is 22.8. The van der Waals surface area contributed by atoms with Crippen LogP contribution in [0.25, 0.3) is 0 Å². The van der Waals surface area contributed by atoms with Crippen LogP contribution in [0.3, 0.4) is 0 Å². The zero-order valence-corrected chi connectivity index (χ0v) is 18.3. The number of hydrogen-bond donors (Lipinski definition) is 2. The number of hydrogen-bond acceptors (Lipinski definition) is 7. The van der Waals surface area contributed by atoms with Gasteiger partial charge in [-0.3, -0.25) is 4.79 Å². The molecule has 0 spiro atoms. The second-order valence-corrected chi connectivity index (χ2v) is 7.10. The molecule has 8 heteroatoms. The number of unbranched alkanes of at least 4 members (excludes halogenated alkanes) is 1. The second kappa shape index (κ2) is 11.9. The molecule has 2 aromatic rings. The first-order chi connectivity index (χ1) is 14.9. The Kier molecular flexibility index (Phi) is 9.27. The van der Waals surface area contributed by atoms with Gasteiger partial charge in [-0.2, -0.15) is 0 Å². The zero-order valence-electron chi connectivity index (χ0n) is 18.3. The van der Waals surface area contributed by atoms with Gasteiger partial charge in [0.15, 0.2) is 17.2 Å². The van der Waals surface area contributed by atoms with Crippen LogP contribution in [-0.2, 0) is 14.3 Å². The largest absolute Gasteiger partial charge is 0.503 e. The Hall–Kier alpha value is -3.13. The number of pyridine rings is 1. The molecule has 0 aliphatic heterocycles. The Labute approximate surface area is 182 Å². The molecular weight excluding hydrogens is 400 g/mol. The van der Waals surface area contributed by atoms with E-state index in [1.54, 1.807) is 6.92 Å². The van der Waals surface area contributed by atoms with Crippen LogP contribution in [0, 0.1) is 0 Å². The van der Waals surface area contributed by atoms with Crippen LogP contribution in [0.2, 0.25) is 0 Å². The molecule has 0 aliphatic carbocycles. The Balaban J connectivity index is 2.03. The number of aromatic nitrogens is 1. The van der Waals surface area contributed by atoms with Crippen molar-refractivity contribution in [1.82, 2.24) is 10.3 Å². The molecule has 2 rings (SSSR count). The Morgan fingerprint density at radius 1 is 1.16 bits per heavy atom. The van der Waals surface area contributed by atoms with E-state index < -0.39 is 35.9 Å². The summed E-state index contributed by atoms with van der Waals surface area (Å²) in [4.78, 5) is 28.9. The predicted molar refractivity (Wildman–Crippen MR) is 115 cm³/mol. The van der Waals surface area contributed by atoms with Crippen molar-refractivity contribution in [3.63, 3.8) is 0 Å². The maximum Gasteiger partial charge on any atom is 0.328 e. The number of esters is 1. The molecule has 0 bridgehead atoms. The number of nitrogens with one attached hydrogen (secondary N) is 1. The fourth-order valence-electron chi connectivity index (χ4n) is 2.94. The third kappa shape index (κ3) is 6.68. The van der Waals surface area contributed by atoms with Gasteiger partial charge in [0.25, 0.3) is 5.91 Å². The standard InChI is InChI=1S/C23H30N2O6/c1-5-6-14-30-21(17-10-8-7-9-11-17)16(3)31-23(28)15(2)25-22(27)19-20(26)18(29-4)12-13-24-19/h7-13,15-16,21,26H,5-6,14H2,1-4H3,(H,25,27)/t15-,16-,21+/m0/s1. The highest BCUT2D eigenvalue weighted by atomic mass is 16.6. The molecule has 0 unspecified atom stereocenters. The van der Waals surface area contributed by atoms with Gasteiger partial charge in [-0.15, -0.1) is 0 Å². The smallest absolute Gasteiger partial charge is 0.328 e. The van der Waals surface area contributed by atoms with E-state index in [0.29, 0.717) is 6.61 Å². The average Bonchev–Trinajstić information content (AvgIpc) is 2.77. The third-order valence-corrected chi connectivity index (χ3v) is 4.68. The summed E-state index contributed by atoms with van der Waals surface area (Å²) in [6.07, 6.45) is 2.21. The first kappa shape index (κ1) is 24.1. The van der Waals surface area contributed by atoms with E-state index in [1.165, 1.54) is 26.3 Å². The topological polar surface area (TPSA) is 107 Å². The molecule has 1 aromatic carbocycles. The SMILES string of the molecule is CCCCO[C@@H](c1ccccc1)[C@H](C)OC(=O)[C@H](C)NC(=O)c1nccc(OC)c1O. The molecule has 0 aliphatic rings. The summed E-state index contributed by atoms with van der Waals surface area (Å²) in [5.74, 6) is -1.63. The summed E-state index contributed by atoms with van der Waals surface area (Å²) in [7, 11) is 1.36. The van der Waals surface area contributed by atoms with E-state index in [1.807, 2.05) is 30.3 Å². The minimum atomic E-state index is -0.964. The highest BCUT2D eigenvalue weighted by Gasteiger charge is 2.27. The molecule has 168 valence electrons. The molecule has 1 aromatic heterocycles. The van der Waals surface area contributed by atoms with E-state index in [-0.39, 0.29) is 11.4 Å². The Bertz CT molecular complexity index is 858. The van der Waals surface area contributed by atoms with Gasteiger partial charge in [-0.1, -0.05) is 43.7 Å². The Morgan fingerprint density at radius 2 is 1.87 bits per heavy atom. The summed E-state index contributed by atoms with van der Waals surface area (Å²) >= 11 is 0. The molecule has 8 nitrogen and oxygen atoms in total. The van der Waals surface area contributed by atoms with Crippen LogP contribution in [0.15, 0.2) is 42.6 Å². The van der Waals surface area contributed by atoms with Crippen molar-refractivity contribution >= 4 is 11.9 Å². The van der Waals surface area contributed by atoms with Gasteiger partial charge < -0.3 is 24.6 Å². The molecule has 1 heterocycles. The molecule has 0 radical (unpaired) electrons. The molecule has 2 N–H and O–H groups in total. The fourth-order valence-corrected chi connectivity index (χ4v) is 2.94. The van der Waals surface area contributed by atoms with Crippen LogP contribution < -0.4 is 10.1 Å². The lowest BCUT2D eigenvalue weighted by Crippen LogP contribution is -2.41. The number of methoxy groups -OCH3 is 1. The maximum atomic E-state index is 12.6. The van der Waals surface area contributed by atoms with Crippen LogP contribution in [0.1, 0.15) is 55.8 Å².